The van der Waals surface area contributed by atoms with Gasteiger partial charge in [-0.15, -0.1) is 23.7 Å². The SMILES string of the molecule is C#CC[C@H]1C(=O)C(C)(C)[C@@H](O)CC(=O)O[C@H](C(Cl)=Cc2csc(C)n2)C[C@H]2O[C@@]2(C)CCC[C@H](C)[C@@H]1O. The zero-order valence-corrected chi connectivity index (χ0v) is 23.8. The van der Waals surface area contributed by atoms with Gasteiger partial charge in [0, 0.05) is 18.2 Å². The molecule has 1 aromatic heterocycles. The zero-order valence-electron chi connectivity index (χ0n) is 22.2. The van der Waals surface area contributed by atoms with Crippen molar-refractivity contribution < 1.29 is 29.3 Å². The molecule has 204 valence electrons. The highest BCUT2D eigenvalue weighted by Gasteiger charge is 2.53. The molecule has 0 unspecified atom stereocenters. The Kier molecular flexibility index (Phi) is 9.63. The summed E-state index contributed by atoms with van der Waals surface area (Å²) in [6.45, 7) is 8.94. The third kappa shape index (κ3) is 7.21. The summed E-state index contributed by atoms with van der Waals surface area (Å²) in [5.41, 5.74) is -1.05. The van der Waals surface area contributed by atoms with Crippen molar-refractivity contribution in [3.63, 3.8) is 0 Å². The number of rotatable bonds is 3. The normalized spacial score (nSPS) is 35.8. The highest BCUT2D eigenvalue weighted by molar-refractivity contribution is 7.09. The number of aliphatic hydroxyl groups is 2. The van der Waals surface area contributed by atoms with Crippen LogP contribution in [0, 0.1) is 36.5 Å². The van der Waals surface area contributed by atoms with Gasteiger partial charge in [0.2, 0.25) is 0 Å². The number of terminal acetylenes is 1. The molecule has 2 aliphatic rings. The van der Waals surface area contributed by atoms with Crippen LogP contribution in [0.25, 0.3) is 6.08 Å². The van der Waals surface area contributed by atoms with E-state index in [1.54, 1.807) is 19.9 Å². The third-order valence-corrected chi connectivity index (χ3v) is 8.94. The molecular weight excluding hydrogens is 514 g/mol. The summed E-state index contributed by atoms with van der Waals surface area (Å²) in [6, 6.07) is 0. The number of nitrogens with zero attached hydrogens (tertiary/aromatic N) is 1. The van der Waals surface area contributed by atoms with E-state index in [0.717, 1.165) is 17.8 Å². The van der Waals surface area contributed by atoms with Crippen LogP contribution >= 0.6 is 22.9 Å². The lowest BCUT2D eigenvalue weighted by molar-refractivity contribution is -0.154. The molecule has 2 fully saturated rings. The average molecular weight is 552 g/mol. The number of carbonyl (C=O) groups is 2. The first-order valence-electron chi connectivity index (χ1n) is 12.8. The first kappa shape index (κ1) is 29.8. The fourth-order valence-electron chi connectivity index (χ4n) is 5.00. The van der Waals surface area contributed by atoms with E-state index < -0.39 is 47.6 Å². The standard InChI is InChI=1S/C28H38ClNO6S/c1-7-9-19-25(33)16(2)10-8-11-28(6)23(36-28)13-21(20(29)12-18-15-37-17(3)30-18)35-24(32)14-22(31)27(4,5)26(19)34/h1,12,15-16,19,21-23,25,31,33H,8-11,13-14H2,2-6H3/t16-,19+,21-,22-,23+,25-,28-/m0/s1. The molecule has 2 N–H and O–H groups in total. The summed E-state index contributed by atoms with van der Waals surface area (Å²) in [6.07, 6.45) is 6.19. The molecule has 2 saturated heterocycles. The molecular formula is C28H38ClNO6S. The number of thiazole rings is 1. The Morgan fingerprint density at radius 2 is 2.05 bits per heavy atom. The Hall–Kier alpha value is -1.76. The molecule has 7 nitrogen and oxygen atoms in total. The summed E-state index contributed by atoms with van der Waals surface area (Å²) >= 11 is 8.12. The topological polar surface area (TPSA) is 109 Å². The van der Waals surface area contributed by atoms with Crippen LogP contribution in [0.2, 0.25) is 0 Å². The molecule has 37 heavy (non-hydrogen) atoms. The number of epoxide rings is 1. The number of carbonyl (C=O) groups excluding carboxylic acids is 2. The van der Waals surface area contributed by atoms with Crippen LogP contribution in [0.3, 0.4) is 0 Å². The number of Topliss-reactive ketones (excluding diaryl/α,β-unsaturated/α-hetero) is 1. The Labute approximate surface area is 228 Å². The number of esters is 1. The second kappa shape index (κ2) is 12.0. The molecule has 0 bridgehead atoms. The van der Waals surface area contributed by atoms with Gasteiger partial charge >= 0.3 is 5.97 Å². The van der Waals surface area contributed by atoms with Gasteiger partial charge < -0.3 is 19.7 Å². The van der Waals surface area contributed by atoms with Crippen LogP contribution in [0.5, 0.6) is 0 Å². The van der Waals surface area contributed by atoms with Crippen molar-refractivity contribution in [3.05, 3.63) is 21.1 Å². The molecule has 0 amide bonds. The predicted octanol–water partition coefficient (Wildman–Crippen LogP) is 4.66. The van der Waals surface area contributed by atoms with Crippen LogP contribution in [-0.4, -0.2) is 57.0 Å². The van der Waals surface area contributed by atoms with E-state index in [0.29, 0.717) is 23.6 Å². The highest BCUT2D eigenvalue weighted by Crippen LogP contribution is 2.45. The van der Waals surface area contributed by atoms with Crippen molar-refractivity contribution in [2.75, 3.05) is 0 Å². The first-order chi connectivity index (χ1) is 17.3. The molecule has 3 heterocycles. The number of aryl methyl sites for hydroxylation is 1. The fourth-order valence-corrected chi connectivity index (χ4v) is 5.82. The highest BCUT2D eigenvalue weighted by atomic mass is 35.5. The average Bonchev–Trinajstić information content (AvgIpc) is 3.27. The second-order valence-corrected chi connectivity index (χ2v) is 12.6. The fraction of sp³-hybridized carbons (Fsp3) is 0.679. The largest absolute Gasteiger partial charge is 0.456 e. The minimum absolute atomic E-state index is 0.0480. The van der Waals surface area contributed by atoms with Crippen LogP contribution < -0.4 is 0 Å². The van der Waals surface area contributed by atoms with Gasteiger partial charge in [0.15, 0.2) is 0 Å². The van der Waals surface area contributed by atoms with Gasteiger partial charge in [-0.2, -0.15) is 0 Å². The number of ether oxygens (including phenoxy) is 2. The molecule has 0 radical (unpaired) electrons. The molecule has 9 heteroatoms. The summed E-state index contributed by atoms with van der Waals surface area (Å²) in [7, 11) is 0. The number of hydrogen-bond donors (Lipinski definition) is 2. The summed E-state index contributed by atoms with van der Waals surface area (Å²) in [5.74, 6) is 0.410. The van der Waals surface area contributed by atoms with Crippen molar-refractivity contribution in [1.82, 2.24) is 4.98 Å². The maximum Gasteiger partial charge on any atom is 0.309 e. The van der Waals surface area contributed by atoms with Crippen molar-refractivity contribution in [3.8, 4) is 12.3 Å². The van der Waals surface area contributed by atoms with Gasteiger partial charge in [0.1, 0.15) is 11.9 Å². The van der Waals surface area contributed by atoms with E-state index in [1.165, 1.54) is 11.3 Å². The molecule has 3 rings (SSSR count). The third-order valence-electron chi connectivity index (χ3n) is 7.80. The van der Waals surface area contributed by atoms with Crippen molar-refractivity contribution in [2.45, 2.75) is 103 Å². The van der Waals surface area contributed by atoms with Gasteiger partial charge in [-0.05, 0) is 38.7 Å². The lowest BCUT2D eigenvalue weighted by Crippen LogP contribution is -2.46. The van der Waals surface area contributed by atoms with Crippen molar-refractivity contribution in [2.24, 2.45) is 17.3 Å². The summed E-state index contributed by atoms with van der Waals surface area (Å²) in [5, 5.41) is 25.1. The van der Waals surface area contributed by atoms with Crippen molar-refractivity contribution in [1.29, 1.82) is 0 Å². The predicted molar refractivity (Wildman–Crippen MR) is 144 cm³/mol. The van der Waals surface area contributed by atoms with Crippen LogP contribution in [0.1, 0.15) is 76.9 Å². The van der Waals surface area contributed by atoms with Gasteiger partial charge in [0.05, 0.1) is 57.4 Å². The quantitative estimate of drug-likeness (QED) is 0.319. The van der Waals surface area contributed by atoms with E-state index in [4.69, 9.17) is 27.5 Å². The molecule has 0 saturated carbocycles. The summed E-state index contributed by atoms with van der Waals surface area (Å²) in [4.78, 5) is 30.8. The van der Waals surface area contributed by atoms with Crippen molar-refractivity contribution >= 4 is 40.8 Å². The van der Waals surface area contributed by atoms with E-state index in [9.17, 15) is 19.8 Å². The number of ketones is 1. The number of hydrogen-bond acceptors (Lipinski definition) is 8. The van der Waals surface area contributed by atoms with Gasteiger partial charge in [-0.3, -0.25) is 9.59 Å². The molecule has 0 aromatic carbocycles. The Bertz CT molecular complexity index is 1060. The van der Waals surface area contributed by atoms with E-state index >= 15 is 0 Å². The van der Waals surface area contributed by atoms with Gasteiger partial charge in [0.25, 0.3) is 0 Å². The van der Waals surface area contributed by atoms with E-state index in [1.807, 2.05) is 26.2 Å². The Morgan fingerprint density at radius 3 is 2.68 bits per heavy atom. The number of cyclic esters (lactones) is 1. The van der Waals surface area contributed by atoms with Crippen LogP contribution in [0.4, 0.5) is 0 Å². The Morgan fingerprint density at radius 1 is 1.35 bits per heavy atom. The zero-order chi connectivity index (χ0) is 27.5. The lowest BCUT2D eigenvalue weighted by atomic mass is 9.71. The lowest BCUT2D eigenvalue weighted by Gasteiger charge is -2.35. The smallest absolute Gasteiger partial charge is 0.309 e. The molecule has 1 aromatic rings. The second-order valence-electron chi connectivity index (χ2n) is 11.1. The number of aromatic nitrogens is 1. The number of aliphatic hydroxyl groups excluding tert-OH is 2. The molecule has 0 aliphatic carbocycles. The molecule has 0 spiro atoms. The first-order valence-corrected chi connectivity index (χ1v) is 14.0. The monoisotopic (exact) mass is 551 g/mol. The van der Waals surface area contributed by atoms with Crippen LogP contribution in [-0.2, 0) is 19.1 Å². The van der Waals surface area contributed by atoms with E-state index in [2.05, 4.69) is 10.9 Å². The Balaban J connectivity index is 1.89. The summed E-state index contributed by atoms with van der Waals surface area (Å²) < 4.78 is 11.8. The maximum absolute atomic E-state index is 13.5. The van der Waals surface area contributed by atoms with Gasteiger partial charge in [-0.25, -0.2) is 4.98 Å². The van der Waals surface area contributed by atoms with Gasteiger partial charge in [-0.1, -0.05) is 38.8 Å². The molecule has 2 aliphatic heterocycles. The number of halogens is 1. The number of fused-ring (bicyclic) bond motifs is 1. The minimum Gasteiger partial charge on any atom is -0.456 e. The minimum atomic E-state index is -1.34. The van der Waals surface area contributed by atoms with Crippen LogP contribution in [0.15, 0.2) is 10.4 Å². The van der Waals surface area contributed by atoms with E-state index in [-0.39, 0.29) is 24.2 Å². The maximum atomic E-state index is 13.5. The molecule has 7 atom stereocenters.